The van der Waals surface area contributed by atoms with Crippen LogP contribution in [0.2, 0.25) is 0 Å². The minimum Gasteiger partial charge on any atom is -0.207 e. The zero-order chi connectivity index (χ0) is 14.2. The van der Waals surface area contributed by atoms with Gasteiger partial charge in [-0.05, 0) is 30.5 Å². The van der Waals surface area contributed by atoms with Crippen molar-refractivity contribution in [2.45, 2.75) is 24.3 Å². The molecule has 106 valence electrons. The SMILES string of the molecule is CC1CCN(S(=O)(=O)c2ccc(Br)cc2F)C1CBr. The van der Waals surface area contributed by atoms with Crippen LogP contribution in [0.3, 0.4) is 0 Å². The van der Waals surface area contributed by atoms with Crippen LogP contribution in [0.4, 0.5) is 4.39 Å². The summed E-state index contributed by atoms with van der Waals surface area (Å²) < 4.78 is 40.9. The molecule has 7 heteroatoms. The van der Waals surface area contributed by atoms with E-state index in [0.29, 0.717) is 16.3 Å². The van der Waals surface area contributed by atoms with Gasteiger partial charge in [-0.1, -0.05) is 38.8 Å². The highest BCUT2D eigenvalue weighted by atomic mass is 79.9. The van der Waals surface area contributed by atoms with E-state index in [4.69, 9.17) is 0 Å². The van der Waals surface area contributed by atoms with E-state index in [1.807, 2.05) is 6.92 Å². The average molecular weight is 415 g/mol. The topological polar surface area (TPSA) is 37.4 Å². The van der Waals surface area contributed by atoms with Crippen LogP contribution in [0.5, 0.6) is 0 Å². The summed E-state index contributed by atoms with van der Waals surface area (Å²) in [5.41, 5.74) is 0. The summed E-state index contributed by atoms with van der Waals surface area (Å²) in [5.74, 6) is -0.449. The number of nitrogens with zero attached hydrogens (tertiary/aromatic N) is 1. The monoisotopic (exact) mass is 413 g/mol. The number of sulfonamides is 1. The molecule has 0 radical (unpaired) electrons. The molecule has 1 aromatic rings. The number of benzene rings is 1. The Bertz CT molecular complexity index is 579. The lowest BCUT2D eigenvalue weighted by molar-refractivity contribution is 0.376. The number of alkyl halides is 1. The van der Waals surface area contributed by atoms with Crippen molar-refractivity contribution >= 4 is 41.9 Å². The van der Waals surface area contributed by atoms with Crippen LogP contribution in [-0.2, 0) is 10.0 Å². The maximum Gasteiger partial charge on any atom is 0.246 e. The maximum atomic E-state index is 13.9. The molecule has 2 rings (SSSR count). The molecule has 19 heavy (non-hydrogen) atoms. The van der Waals surface area contributed by atoms with Crippen LogP contribution in [-0.4, -0.2) is 30.6 Å². The Morgan fingerprint density at radius 2 is 2.16 bits per heavy atom. The smallest absolute Gasteiger partial charge is 0.207 e. The highest BCUT2D eigenvalue weighted by Gasteiger charge is 2.39. The first-order chi connectivity index (χ1) is 8.87. The zero-order valence-corrected chi connectivity index (χ0v) is 14.3. The molecule has 1 saturated heterocycles. The molecule has 1 heterocycles. The van der Waals surface area contributed by atoms with E-state index >= 15 is 0 Å². The standard InChI is InChI=1S/C12H14Br2FNO2S/c1-8-4-5-16(11(8)7-13)19(17,18)12-3-2-9(14)6-10(12)15/h2-3,6,8,11H,4-5,7H2,1H3. The molecule has 0 aliphatic carbocycles. The fraction of sp³-hybridized carbons (Fsp3) is 0.500. The van der Waals surface area contributed by atoms with Crippen molar-refractivity contribution in [3.63, 3.8) is 0 Å². The van der Waals surface area contributed by atoms with Crippen molar-refractivity contribution in [3.8, 4) is 0 Å². The van der Waals surface area contributed by atoms with E-state index in [0.717, 1.165) is 6.42 Å². The van der Waals surface area contributed by atoms with E-state index < -0.39 is 15.8 Å². The van der Waals surface area contributed by atoms with Crippen LogP contribution >= 0.6 is 31.9 Å². The van der Waals surface area contributed by atoms with Crippen LogP contribution in [0.25, 0.3) is 0 Å². The van der Waals surface area contributed by atoms with Gasteiger partial charge in [0.05, 0.1) is 0 Å². The second-order valence-corrected chi connectivity index (χ2v) is 8.10. The summed E-state index contributed by atoms with van der Waals surface area (Å²) in [7, 11) is -3.77. The number of halogens is 3. The molecule has 1 aliphatic rings. The van der Waals surface area contributed by atoms with Crippen LogP contribution in [0, 0.1) is 11.7 Å². The predicted octanol–water partition coefficient (Wildman–Crippen LogP) is 3.38. The Hall–Kier alpha value is 0.0200. The van der Waals surface area contributed by atoms with E-state index in [-0.39, 0.29) is 16.9 Å². The van der Waals surface area contributed by atoms with Crippen molar-refractivity contribution in [1.29, 1.82) is 0 Å². The molecular weight excluding hydrogens is 401 g/mol. The van der Waals surface area contributed by atoms with Gasteiger partial charge in [0.25, 0.3) is 0 Å². The first-order valence-electron chi connectivity index (χ1n) is 5.90. The highest BCUT2D eigenvalue weighted by Crippen LogP contribution is 2.32. The fourth-order valence-electron chi connectivity index (χ4n) is 2.31. The predicted molar refractivity (Wildman–Crippen MR) is 79.4 cm³/mol. The first-order valence-corrected chi connectivity index (χ1v) is 9.26. The molecule has 3 nitrogen and oxygen atoms in total. The van der Waals surface area contributed by atoms with Crippen LogP contribution in [0.1, 0.15) is 13.3 Å². The molecule has 0 aromatic heterocycles. The molecule has 2 unspecified atom stereocenters. The van der Waals surface area contributed by atoms with Gasteiger partial charge in [0.2, 0.25) is 10.0 Å². The van der Waals surface area contributed by atoms with Gasteiger partial charge in [-0.3, -0.25) is 0 Å². The molecule has 0 spiro atoms. The van der Waals surface area contributed by atoms with Crippen molar-refractivity contribution < 1.29 is 12.8 Å². The maximum absolute atomic E-state index is 13.9. The van der Waals surface area contributed by atoms with E-state index in [2.05, 4.69) is 31.9 Å². The molecule has 2 atom stereocenters. The third-order valence-corrected chi connectivity index (χ3v) is 6.58. The van der Waals surface area contributed by atoms with Gasteiger partial charge < -0.3 is 0 Å². The van der Waals surface area contributed by atoms with Gasteiger partial charge in [0.15, 0.2) is 0 Å². The second kappa shape index (κ2) is 5.79. The average Bonchev–Trinajstić information content (AvgIpc) is 2.70. The molecular formula is C12H14Br2FNO2S. The minimum atomic E-state index is -3.77. The van der Waals surface area contributed by atoms with Crippen molar-refractivity contribution in [2.75, 3.05) is 11.9 Å². The van der Waals surface area contributed by atoms with E-state index in [1.165, 1.54) is 16.4 Å². The normalized spacial score (nSPS) is 24.8. The molecule has 0 saturated carbocycles. The van der Waals surface area contributed by atoms with Gasteiger partial charge in [-0.25, -0.2) is 12.8 Å². The molecule has 0 bridgehead atoms. The van der Waals surface area contributed by atoms with Crippen molar-refractivity contribution in [2.24, 2.45) is 5.92 Å². The number of hydrogen-bond donors (Lipinski definition) is 0. The Morgan fingerprint density at radius 1 is 1.47 bits per heavy atom. The summed E-state index contributed by atoms with van der Waals surface area (Å²) in [6.45, 7) is 2.45. The Labute approximate surface area is 129 Å². The highest BCUT2D eigenvalue weighted by molar-refractivity contribution is 9.10. The Kier molecular flexibility index (Phi) is 4.70. The fourth-order valence-corrected chi connectivity index (χ4v) is 5.61. The largest absolute Gasteiger partial charge is 0.246 e. The zero-order valence-electron chi connectivity index (χ0n) is 10.3. The molecule has 0 N–H and O–H groups in total. The van der Waals surface area contributed by atoms with E-state index in [1.54, 1.807) is 6.07 Å². The third-order valence-electron chi connectivity index (χ3n) is 3.47. The summed E-state index contributed by atoms with van der Waals surface area (Å²) in [6.07, 6.45) is 0.799. The van der Waals surface area contributed by atoms with Crippen molar-refractivity contribution in [3.05, 3.63) is 28.5 Å². The molecule has 1 aromatic carbocycles. The molecule has 1 fully saturated rings. The van der Waals surface area contributed by atoms with Gasteiger partial charge in [-0.2, -0.15) is 4.31 Å². The van der Waals surface area contributed by atoms with Gasteiger partial charge in [-0.15, -0.1) is 0 Å². The Balaban J connectivity index is 2.42. The van der Waals surface area contributed by atoms with Crippen LogP contribution in [0.15, 0.2) is 27.6 Å². The second-order valence-electron chi connectivity index (χ2n) is 4.68. The summed E-state index contributed by atoms with van der Waals surface area (Å²) in [6, 6.07) is 3.91. The van der Waals surface area contributed by atoms with Gasteiger partial charge >= 0.3 is 0 Å². The third kappa shape index (κ3) is 2.89. The van der Waals surface area contributed by atoms with Gasteiger partial charge in [0, 0.05) is 22.4 Å². The molecule has 1 aliphatic heterocycles. The summed E-state index contributed by atoms with van der Waals surface area (Å²) in [5, 5.41) is 0.561. The van der Waals surface area contributed by atoms with Gasteiger partial charge in [0.1, 0.15) is 10.7 Å². The van der Waals surface area contributed by atoms with E-state index in [9.17, 15) is 12.8 Å². The lowest BCUT2D eigenvalue weighted by Crippen LogP contribution is -2.38. The Morgan fingerprint density at radius 3 is 2.74 bits per heavy atom. The van der Waals surface area contributed by atoms with Crippen LogP contribution < -0.4 is 0 Å². The number of rotatable bonds is 3. The lowest BCUT2D eigenvalue weighted by atomic mass is 10.1. The molecule has 0 amide bonds. The summed E-state index contributed by atoms with van der Waals surface area (Å²) >= 11 is 6.47. The van der Waals surface area contributed by atoms with Crippen molar-refractivity contribution in [1.82, 2.24) is 4.31 Å². The minimum absolute atomic E-state index is 0.118. The number of hydrogen-bond acceptors (Lipinski definition) is 2. The summed E-state index contributed by atoms with van der Waals surface area (Å²) in [4.78, 5) is -0.254. The first kappa shape index (κ1) is 15.4. The lowest BCUT2D eigenvalue weighted by Gasteiger charge is -2.24. The quantitative estimate of drug-likeness (QED) is 0.711.